The highest BCUT2D eigenvalue weighted by Gasteiger charge is 2.32. The fourth-order valence-corrected chi connectivity index (χ4v) is 2.56. The zero-order valence-electron chi connectivity index (χ0n) is 13.5. The first-order valence-corrected chi connectivity index (χ1v) is 7.66. The van der Waals surface area contributed by atoms with E-state index in [0.29, 0.717) is 24.5 Å². The summed E-state index contributed by atoms with van der Waals surface area (Å²) in [4.78, 5) is 41.4. The summed E-state index contributed by atoms with van der Waals surface area (Å²) in [7, 11) is 0. The van der Waals surface area contributed by atoms with Crippen molar-refractivity contribution in [1.82, 2.24) is 9.80 Å². The van der Waals surface area contributed by atoms with Crippen molar-refractivity contribution in [2.45, 2.75) is 13.8 Å². The lowest BCUT2D eigenvalue weighted by Gasteiger charge is -2.34. The second-order valence-electron chi connectivity index (χ2n) is 5.48. The average Bonchev–Trinajstić information content (AvgIpc) is 2.56. The summed E-state index contributed by atoms with van der Waals surface area (Å²) in [6.07, 6.45) is 0. The van der Waals surface area contributed by atoms with Gasteiger partial charge in [-0.05, 0) is 30.8 Å². The van der Waals surface area contributed by atoms with Gasteiger partial charge in [-0.1, -0.05) is 6.92 Å². The maximum absolute atomic E-state index is 12.5. The monoisotopic (exact) mass is 318 g/mol. The van der Waals surface area contributed by atoms with Gasteiger partial charge in [0.15, 0.2) is 0 Å². The van der Waals surface area contributed by atoms with E-state index in [1.807, 2.05) is 0 Å². The van der Waals surface area contributed by atoms with Crippen molar-refractivity contribution in [3.8, 4) is 0 Å². The first-order valence-electron chi connectivity index (χ1n) is 7.66. The Hall–Kier alpha value is -2.41. The Kier molecular flexibility index (Phi) is 5.33. The Balaban J connectivity index is 2.13. The van der Waals surface area contributed by atoms with Crippen molar-refractivity contribution in [2.24, 2.45) is 0 Å². The number of amides is 3. The number of nitrogens with zero attached hydrogens (tertiary/aromatic N) is 3. The number of anilines is 2. The topological polar surface area (TPSA) is 87.0 Å². The molecule has 1 aromatic rings. The summed E-state index contributed by atoms with van der Waals surface area (Å²) in [6.45, 7) is 6.69. The highest BCUT2D eigenvalue weighted by atomic mass is 16.2. The minimum absolute atomic E-state index is 0.345. The number of hydrogen-bond acceptors (Lipinski definition) is 5. The summed E-state index contributed by atoms with van der Waals surface area (Å²) in [5.74, 6) is -1.97. The molecule has 7 heteroatoms. The Morgan fingerprint density at radius 1 is 1.09 bits per heavy atom. The van der Waals surface area contributed by atoms with Crippen LogP contribution in [0.5, 0.6) is 0 Å². The zero-order valence-corrected chi connectivity index (χ0v) is 13.5. The number of nitrogen functional groups attached to an aromatic ring is 1. The van der Waals surface area contributed by atoms with Crippen LogP contribution in [0.25, 0.3) is 0 Å². The van der Waals surface area contributed by atoms with Crippen LogP contribution < -0.4 is 10.6 Å². The molecule has 0 unspecified atom stereocenters. The van der Waals surface area contributed by atoms with Gasteiger partial charge in [0.1, 0.15) is 0 Å². The van der Waals surface area contributed by atoms with Crippen LogP contribution in [-0.4, -0.2) is 60.2 Å². The summed E-state index contributed by atoms with van der Waals surface area (Å²) >= 11 is 0. The second kappa shape index (κ2) is 7.23. The standard InChI is InChI=1S/C16H22N4O3/c1-3-18-8-10-19(11-9-18)15(22)16(23)20(12(2)21)14-6-4-13(17)5-7-14/h4-7H,3,8-11,17H2,1-2H3. The number of benzene rings is 1. The smallest absolute Gasteiger partial charge is 0.323 e. The van der Waals surface area contributed by atoms with Gasteiger partial charge in [0.2, 0.25) is 5.91 Å². The van der Waals surface area contributed by atoms with E-state index < -0.39 is 17.7 Å². The fourth-order valence-electron chi connectivity index (χ4n) is 2.56. The number of carbonyl (C=O) groups is 3. The molecule has 0 saturated carbocycles. The van der Waals surface area contributed by atoms with Gasteiger partial charge in [0.25, 0.3) is 0 Å². The molecule has 0 bridgehead atoms. The van der Waals surface area contributed by atoms with Crippen molar-refractivity contribution >= 4 is 29.1 Å². The minimum Gasteiger partial charge on any atom is -0.399 e. The largest absolute Gasteiger partial charge is 0.399 e. The minimum atomic E-state index is -0.827. The highest BCUT2D eigenvalue weighted by Crippen LogP contribution is 2.18. The van der Waals surface area contributed by atoms with Crippen molar-refractivity contribution < 1.29 is 14.4 Å². The van der Waals surface area contributed by atoms with Crippen molar-refractivity contribution in [1.29, 1.82) is 0 Å². The maximum atomic E-state index is 12.5. The van der Waals surface area contributed by atoms with Crippen molar-refractivity contribution in [3.05, 3.63) is 24.3 Å². The predicted octanol–water partition coefficient (Wildman–Crippen LogP) is 0.312. The molecule has 23 heavy (non-hydrogen) atoms. The first kappa shape index (κ1) is 17.0. The maximum Gasteiger partial charge on any atom is 0.323 e. The normalized spacial score (nSPS) is 15.3. The van der Waals surface area contributed by atoms with Gasteiger partial charge in [-0.15, -0.1) is 0 Å². The number of rotatable bonds is 2. The average molecular weight is 318 g/mol. The number of piperazine rings is 1. The Morgan fingerprint density at radius 3 is 2.13 bits per heavy atom. The van der Waals surface area contributed by atoms with Crippen LogP contribution in [0, 0.1) is 0 Å². The molecule has 1 aliphatic rings. The molecular formula is C16H22N4O3. The van der Waals surface area contributed by atoms with Gasteiger partial charge in [-0.2, -0.15) is 0 Å². The first-order chi connectivity index (χ1) is 10.9. The molecule has 0 aliphatic carbocycles. The number of nitrogens with two attached hydrogens (primary N) is 1. The lowest BCUT2D eigenvalue weighted by atomic mass is 10.2. The number of hydrogen-bond donors (Lipinski definition) is 1. The van der Waals surface area contributed by atoms with Gasteiger partial charge in [-0.3, -0.25) is 14.4 Å². The molecule has 1 heterocycles. The molecular weight excluding hydrogens is 296 g/mol. The van der Waals surface area contributed by atoms with Crippen LogP contribution in [0.1, 0.15) is 13.8 Å². The van der Waals surface area contributed by atoms with Gasteiger partial charge in [0, 0.05) is 38.8 Å². The third kappa shape index (κ3) is 3.87. The van der Waals surface area contributed by atoms with Crippen LogP contribution in [0.2, 0.25) is 0 Å². The lowest BCUT2D eigenvalue weighted by Crippen LogP contribution is -2.54. The molecule has 7 nitrogen and oxygen atoms in total. The van der Waals surface area contributed by atoms with Crippen LogP contribution >= 0.6 is 0 Å². The summed E-state index contributed by atoms with van der Waals surface area (Å²) < 4.78 is 0. The second-order valence-corrected chi connectivity index (χ2v) is 5.48. The highest BCUT2D eigenvalue weighted by molar-refractivity contribution is 6.45. The molecule has 124 valence electrons. The van der Waals surface area contributed by atoms with E-state index in [-0.39, 0.29) is 0 Å². The molecule has 2 rings (SSSR count). The fraction of sp³-hybridized carbons (Fsp3) is 0.438. The number of likely N-dealkylation sites (N-methyl/N-ethyl adjacent to an activating group) is 1. The number of imide groups is 1. The molecule has 1 aliphatic heterocycles. The predicted molar refractivity (Wildman–Crippen MR) is 87.7 cm³/mol. The van der Waals surface area contributed by atoms with Crippen LogP contribution in [0.4, 0.5) is 11.4 Å². The molecule has 0 spiro atoms. The molecule has 3 amide bonds. The molecule has 1 saturated heterocycles. The molecule has 2 N–H and O–H groups in total. The van der Waals surface area contributed by atoms with Gasteiger partial charge >= 0.3 is 11.8 Å². The van der Waals surface area contributed by atoms with Gasteiger partial charge < -0.3 is 15.5 Å². The Morgan fingerprint density at radius 2 is 1.65 bits per heavy atom. The van der Waals surface area contributed by atoms with E-state index in [0.717, 1.165) is 24.5 Å². The summed E-state index contributed by atoms with van der Waals surface area (Å²) in [6, 6.07) is 6.28. The van der Waals surface area contributed by atoms with E-state index in [9.17, 15) is 14.4 Å². The van der Waals surface area contributed by atoms with Crippen molar-refractivity contribution in [2.75, 3.05) is 43.4 Å². The number of carbonyl (C=O) groups excluding carboxylic acids is 3. The zero-order chi connectivity index (χ0) is 17.0. The van der Waals surface area contributed by atoms with E-state index >= 15 is 0 Å². The van der Waals surface area contributed by atoms with Crippen LogP contribution in [0.3, 0.4) is 0 Å². The van der Waals surface area contributed by atoms with Gasteiger partial charge in [0.05, 0.1) is 5.69 Å². The third-order valence-electron chi connectivity index (χ3n) is 3.96. The van der Waals surface area contributed by atoms with Crippen LogP contribution in [0.15, 0.2) is 24.3 Å². The van der Waals surface area contributed by atoms with E-state index in [1.165, 1.54) is 11.8 Å². The van der Waals surface area contributed by atoms with E-state index in [2.05, 4.69) is 11.8 Å². The van der Waals surface area contributed by atoms with E-state index in [4.69, 9.17) is 5.73 Å². The molecule has 1 aromatic carbocycles. The molecule has 0 radical (unpaired) electrons. The molecule has 1 fully saturated rings. The summed E-state index contributed by atoms with van der Waals surface area (Å²) in [5.41, 5.74) is 6.48. The Bertz CT molecular complexity index is 592. The van der Waals surface area contributed by atoms with Crippen molar-refractivity contribution in [3.63, 3.8) is 0 Å². The quantitative estimate of drug-likeness (QED) is 0.626. The van der Waals surface area contributed by atoms with Gasteiger partial charge in [-0.25, -0.2) is 4.90 Å². The SMILES string of the molecule is CCN1CCN(C(=O)C(=O)N(C(C)=O)c2ccc(N)cc2)CC1. The molecule has 0 aromatic heterocycles. The Labute approximate surface area is 135 Å². The van der Waals surface area contributed by atoms with Crippen LogP contribution in [-0.2, 0) is 14.4 Å². The molecule has 0 atom stereocenters. The lowest BCUT2D eigenvalue weighted by molar-refractivity contribution is -0.146. The summed E-state index contributed by atoms with van der Waals surface area (Å²) in [5, 5.41) is 0. The third-order valence-corrected chi connectivity index (χ3v) is 3.96. The van der Waals surface area contributed by atoms with E-state index in [1.54, 1.807) is 24.3 Å².